The van der Waals surface area contributed by atoms with Crippen molar-refractivity contribution in [1.82, 2.24) is 5.32 Å². The van der Waals surface area contributed by atoms with Crippen molar-refractivity contribution in [3.8, 4) is 5.75 Å². The molecule has 0 saturated heterocycles. The highest BCUT2D eigenvalue weighted by Gasteiger charge is 2.26. The number of rotatable bonds is 10. The van der Waals surface area contributed by atoms with Crippen molar-refractivity contribution < 1.29 is 28.7 Å². The molecule has 11 heteroatoms. The van der Waals surface area contributed by atoms with Crippen LogP contribution in [0.4, 0.5) is 21.9 Å². The summed E-state index contributed by atoms with van der Waals surface area (Å²) in [7, 11) is 3.24. The molecule has 3 aromatic carbocycles. The van der Waals surface area contributed by atoms with E-state index in [1.807, 2.05) is 18.2 Å². The van der Waals surface area contributed by atoms with Crippen molar-refractivity contribution in [2.45, 2.75) is 26.4 Å². The Morgan fingerprint density at radius 3 is 2.07 bits per heavy atom. The Labute approximate surface area is 254 Å². The van der Waals surface area contributed by atoms with E-state index in [9.17, 15) is 19.2 Å². The highest BCUT2D eigenvalue weighted by Crippen LogP contribution is 2.29. The first-order chi connectivity index (χ1) is 19.9. The lowest BCUT2D eigenvalue weighted by Crippen LogP contribution is -2.46. The van der Waals surface area contributed by atoms with E-state index in [0.717, 1.165) is 4.47 Å². The van der Waals surface area contributed by atoms with E-state index >= 15 is 0 Å². The van der Waals surface area contributed by atoms with Crippen LogP contribution in [0.5, 0.6) is 5.75 Å². The molecule has 0 radical (unpaired) electrons. The van der Waals surface area contributed by atoms with Crippen LogP contribution in [0.15, 0.2) is 83.3 Å². The van der Waals surface area contributed by atoms with Gasteiger partial charge in [0.1, 0.15) is 24.4 Å². The molecule has 0 aromatic heterocycles. The minimum atomic E-state index is -0.769. The molecule has 0 spiro atoms. The topological polar surface area (TPSA) is 108 Å². The van der Waals surface area contributed by atoms with Crippen molar-refractivity contribution in [2.24, 2.45) is 0 Å². The molecule has 1 N–H and O–H groups in total. The molecular formula is C31H35BrN4O6. The van der Waals surface area contributed by atoms with Gasteiger partial charge in [-0.05, 0) is 63.2 Å². The molecule has 0 unspecified atom stereocenters. The summed E-state index contributed by atoms with van der Waals surface area (Å²) in [6, 6.07) is 22.9. The van der Waals surface area contributed by atoms with E-state index in [-0.39, 0.29) is 36.4 Å². The van der Waals surface area contributed by atoms with Crippen LogP contribution in [0, 0.1) is 0 Å². The molecule has 4 amide bonds. The fourth-order valence-corrected chi connectivity index (χ4v) is 4.16. The number of carbonyl (C=O) groups is 4. The molecule has 0 saturated carbocycles. The normalized spacial score (nSPS) is 10.8. The molecule has 0 fully saturated rings. The number of ether oxygens (including phenoxy) is 2. The summed E-state index contributed by atoms with van der Waals surface area (Å²) in [6.45, 7) is 4.02. The Bertz CT molecular complexity index is 1410. The van der Waals surface area contributed by atoms with Crippen molar-refractivity contribution in [3.05, 3.63) is 83.3 Å². The van der Waals surface area contributed by atoms with Gasteiger partial charge in [-0.25, -0.2) is 4.79 Å². The molecule has 0 aliphatic heterocycles. The van der Waals surface area contributed by atoms with Gasteiger partial charge < -0.3 is 24.6 Å². The van der Waals surface area contributed by atoms with Crippen LogP contribution in [-0.2, 0) is 19.1 Å². The van der Waals surface area contributed by atoms with Gasteiger partial charge in [0, 0.05) is 29.9 Å². The molecule has 0 atom stereocenters. The summed E-state index contributed by atoms with van der Waals surface area (Å²) >= 11 is 3.40. The SMILES string of the molecule is CN(C(=O)COc1ccccc1N(CC(=O)N(C)c1ccccc1)C(=O)CNC(=O)OC(C)(C)C)c1cccc(Br)c1. The zero-order valence-corrected chi connectivity index (χ0v) is 25.9. The van der Waals surface area contributed by atoms with Gasteiger partial charge >= 0.3 is 6.09 Å². The van der Waals surface area contributed by atoms with Crippen LogP contribution >= 0.6 is 15.9 Å². The monoisotopic (exact) mass is 638 g/mol. The van der Waals surface area contributed by atoms with Crippen molar-refractivity contribution in [1.29, 1.82) is 0 Å². The van der Waals surface area contributed by atoms with E-state index in [4.69, 9.17) is 9.47 Å². The summed E-state index contributed by atoms with van der Waals surface area (Å²) in [5.41, 5.74) is 0.830. The second-order valence-corrected chi connectivity index (χ2v) is 11.2. The molecule has 0 heterocycles. The molecular weight excluding hydrogens is 604 g/mol. The third-order valence-corrected chi connectivity index (χ3v) is 6.46. The summed E-state index contributed by atoms with van der Waals surface area (Å²) in [5.74, 6) is -1.07. The maximum absolute atomic E-state index is 13.5. The molecule has 42 heavy (non-hydrogen) atoms. The number of hydrogen-bond acceptors (Lipinski definition) is 6. The second-order valence-electron chi connectivity index (χ2n) is 10.3. The molecule has 3 aromatic rings. The summed E-state index contributed by atoms with van der Waals surface area (Å²) < 4.78 is 12.0. The van der Waals surface area contributed by atoms with Crippen LogP contribution in [0.1, 0.15) is 20.8 Å². The van der Waals surface area contributed by atoms with Crippen molar-refractivity contribution >= 4 is 56.8 Å². The number of para-hydroxylation sites is 3. The zero-order valence-electron chi connectivity index (χ0n) is 24.3. The Morgan fingerprint density at radius 1 is 0.786 bits per heavy atom. The van der Waals surface area contributed by atoms with Crippen LogP contribution in [-0.4, -0.2) is 63.2 Å². The third-order valence-electron chi connectivity index (χ3n) is 5.97. The summed E-state index contributed by atoms with van der Waals surface area (Å²) in [6.07, 6.45) is -0.769. The fourth-order valence-electron chi connectivity index (χ4n) is 3.77. The highest BCUT2D eigenvalue weighted by molar-refractivity contribution is 9.10. The van der Waals surface area contributed by atoms with Gasteiger partial charge in [-0.1, -0.05) is 52.3 Å². The Hall–Kier alpha value is -4.38. The number of likely N-dealkylation sites (N-methyl/N-ethyl adjacent to an activating group) is 2. The number of benzene rings is 3. The number of nitrogens with zero attached hydrogens (tertiary/aromatic N) is 3. The average Bonchev–Trinajstić information content (AvgIpc) is 2.96. The minimum Gasteiger partial charge on any atom is -0.482 e. The number of anilines is 3. The Morgan fingerprint density at radius 2 is 1.40 bits per heavy atom. The fraction of sp³-hybridized carbons (Fsp3) is 0.290. The first-order valence-corrected chi connectivity index (χ1v) is 14.0. The second kappa shape index (κ2) is 14.5. The van der Waals surface area contributed by atoms with Gasteiger partial charge in [-0.2, -0.15) is 0 Å². The maximum atomic E-state index is 13.5. The lowest BCUT2D eigenvalue weighted by molar-refractivity contribution is -0.122. The predicted molar refractivity (Wildman–Crippen MR) is 166 cm³/mol. The molecule has 0 bridgehead atoms. The van der Waals surface area contributed by atoms with E-state index in [1.165, 1.54) is 14.7 Å². The molecule has 222 valence electrons. The molecule has 3 rings (SSSR count). The largest absolute Gasteiger partial charge is 0.482 e. The smallest absolute Gasteiger partial charge is 0.408 e. The van der Waals surface area contributed by atoms with E-state index in [1.54, 1.807) is 95.5 Å². The van der Waals surface area contributed by atoms with Crippen LogP contribution in [0.2, 0.25) is 0 Å². The first-order valence-electron chi connectivity index (χ1n) is 13.2. The van der Waals surface area contributed by atoms with Gasteiger partial charge in [-0.3, -0.25) is 19.3 Å². The number of nitrogens with one attached hydrogen (secondary N) is 1. The lowest BCUT2D eigenvalue weighted by atomic mass is 10.2. The van der Waals surface area contributed by atoms with Crippen molar-refractivity contribution in [3.63, 3.8) is 0 Å². The van der Waals surface area contributed by atoms with Crippen LogP contribution in [0.25, 0.3) is 0 Å². The quantitative estimate of drug-likeness (QED) is 0.334. The molecule has 0 aliphatic carbocycles. The number of amides is 4. The Kier molecular flexibility index (Phi) is 11.1. The average molecular weight is 640 g/mol. The van der Waals surface area contributed by atoms with Gasteiger partial charge in [0.2, 0.25) is 11.8 Å². The lowest BCUT2D eigenvalue weighted by Gasteiger charge is -2.27. The highest BCUT2D eigenvalue weighted by atomic mass is 79.9. The molecule has 10 nitrogen and oxygen atoms in total. The number of alkyl carbamates (subject to hydrolysis) is 1. The number of hydrogen-bond donors (Lipinski definition) is 1. The van der Waals surface area contributed by atoms with Crippen LogP contribution in [0.3, 0.4) is 0 Å². The Balaban J connectivity index is 1.83. The molecule has 0 aliphatic rings. The van der Waals surface area contributed by atoms with Gasteiger partial charge in [-0.15, -0.1) is 0 Å². The van der Waals surface area contributed by atoms with Crippen molar-refractivity contribution in [2.75, 3.05) is 48.5 Å². The minimum absolute atomic E-state index is 0.217. The van der Waals surface area contributed by atoms with Gasteiger partial charge in [0.25, 0.3) is 5.91 Å². The first kappa shape index (κ1) is 32.1. The third kappa shape index (κ3) is 9.34. The van der Waals surface area contributed by atoms with Gasteiger partial charge in [0.05, 0.1) is 5.69 Å². The van der Waals surface area contributed by atoms with E-state index in [2.05, 4.69) is 21.2 Å². The van der Waals surface area contributed by atoms with Gasteiger partial charge in [0.15, 0.2) is 6.61 Å². The van der Waals surface area contributed by atoms with Crippen LogP contribution < -0.4 is 24.8 Å². The standard InChI is InChI=1S/C31H35BrN4O6/c1-31(2,3)42-30(40)33-19-27(37)36(20-28(38)34(4)23-13-7-6-8-14-23)25-16-9-10-17-26(25)41-21-29(39)35(5)24-15-11-12-22(32)18-24/h6-18H,19-21H2,1-5H3,(H,33,40). The summed E-state index contributed by atoms with van der Waals surface area (Å²) in [5, 5.41) is 2.45. The number of carbonyl (C=O) groups excluding carboxylic acids is 4. The maximum Gasteiger partial charge on any atom is 0.408 e. The zero-order chi connectivity index (χ0) is 30.9. The van der Waals surface area contributed by atoms with E-state index < -0.39 is 24.1 Å². The number of halogens is 1. The summed E-state index contributed by atoms with van der Waals surface area (Å²) in [4.78, 5) is 56.1. The predicted octanol–water partition coefficient (Wildman–Crippen LogP) is 5.01. The van der Waals surface area contributed by atoms with E-state index in [0.29, 0.717) is 11.4 Å².